The highest BCUT2D eigenvalue weighted by atomic mass is 19.1. The molecule has 7 heteroatoms. The first-order valence-corrected chi connectivity index (χ1v) is 5.52. The Hall–Kier alpha value is -2.28. The first-order valence-electron chi connectivity index (χ1n) is 5.52. The Morgan fingerprint density at radius 3 is 2.58 bits per heavy atom. The van der Waals surface area contributed by atoms with Crippen LogP contribution in [-0.2, 0) is 9.59 Å². The highest BCUT2D eigenvalue weighted by Gasteiger charge is 2.25. The van der Waals surface area contributed by atoms with Gasteiger partial charge in [0.2, 0.25) is 11.8 Å². The predicted molar refractivity (Wildman–Crippen MR) is 62.0 cm³/mol. The fraction of sp³-hybridized carbons (Fsp3) is 0.250. The van der Waals surface area contributed by atoms with Gasteiger partial charge in [-0.3, -0.25) is 24.6 Å². The van der Waals surface area contributed by atoms with Crippen molar-refractivity contribution in [3.8, 4) is 5.75 Å². The molecule has 0 saturated carbocycles. The highest BCUT2D eigenvalue weighted by Crippen LogP contribution is 2.18. The lowest BCUT2D eigenvalue weighted by Crippen LogP contribution is -2.52. The second kappa shape index (κ2) is 5.15. The van der Waals surface area contributed by atoms with Crippen LogP contribution in [-0.4, -0.2) is 47.2 Å². The molecular formula is C12H11FN2O4. The molecule has 1 aliphatic rings. The fourth-order valence-corrected chi connectivity index (χ4v) is 1.83. The number of amides is 2. The van der Waals surface area contributed by atoms with Gasteiger partial charge in [-0.25, -0.2) is 4.39 Å². The van der Waals surface area contributed by atoms with Crippen molar-refractivity contribution in [2.45, 2.75) is 0 Å². The number of phenols is 1. The maximum absolute atomic E-state index is 13.0. The molecule has 1 heterocycles. The summed E-state index contributed by atoms with van der Waals surface area (Å²) in [5.74, 6) is -2.52. The third-order valence-electron chi connectivity index (χ3n) is 2.64. The lowest BCUT2D eigenvalue weighted by molar-refractivity contribution is -0.135. The summed E-state index contributed by atoms with van der Waals surface area (Å²) in [4.78, 5) is 35.5. The Bertz CT molecular complexity index is 543. The Morgan fingerprint density at radius 1 is 1.32 bits per heavy atom. The van der Waals surface area contributed by atoms with Gasteiger partial charge in [0.05, 0.1) is 25.2 Å². The molecule has 1 aromatic carbocycles. The number of nitrogens with zero attached hydrogens (tertiary/aromatic N) is 1. The van der Waals surface area contributed by atoms with E-state index in [4.69, 9.17) is 0 Å². The van der Waals surface area contributed by atoms with Gasteiger partial charge in [0.1, 0.15) is 11.6 Å². The molecule has 2 amide bonds. The van der Waals surface area contributed by atoms with Gasteiger partial charge >= 0.3 is 0 Å². The minimum atomic E-state index is -0.645. The van der Waals surface area contributed by atoms with E-state index in [0.717, 1.165) is 18.2 Å². The van der Waals surface area contributed by atoms with Gasteiger partial charge in [0.25, 0.3) is 0 Å². The number of carbonyl (C=O) groups is 3. The Balaban J connectivity index is 2.10. The molecule has 2 rings (SSSR count). The number of phenolic OH excluding ortho intramolecular Hbond substituents is 1. The minimum absolute atomic E-state index is 0.0897. The van der Waals surface area contributed by atoms with Gasteiger partial charge in [-0.05, 0) is 18.2 Å². The Morgan fingerprint density at radius 2 is 1.95 bits per heavy atom. The summed E-state index contributed by atoms with van der Waals surface area (Å²) in [6.07, 6.45) is 0. The number of aromatic hydroxyl groups is 1. The zero-order chi connectivity index (χ0) is 14.0. The van der Waals surface area contributed by atoms with E-state index >= 15 is 0 Å². The van der Waals surface area contributed by atoms with Crippen molar-refractivity contribution in [1.29, 1.82) is 0 Å². The monoisotopic (exact) mass is 266 g/mol. The summed E-state index contributed by atoms with van der Waals surface area (Å²) in [6.45, 7) is -0.419. The Labute approximate surface area is 107 Å². The topological polar surface area (TPSA) is 86.7 Å². The van der Waals surface area contributed by atoms with E-state index in [1.54, 1.807) is 0 Å². The third kappa shape index (κ3) is 3.14. The number of piperazine rings is 1. The van der Waals surface area contributed by atoms with Crippen molar-refractivity contribution in [2.24, 2.45) is 0 Å². The van der Waals surface area contributed by atoms with Crippen LogP contribution in [0.25, 0.3) is 0 Å². The molecular weight excluding hydrogens is 255 g/mol. The molecule has 6 nitrogen and oxygen atoms in total. The lowest BCUT2D eigenvalue weighted by Gasteiger charge is -2.24. The number of Topliss-reactive ketones (excluding diaryl/α,β-unsaturated/α-hetero) is 1. The zero-order valence-corrected chi connectivity index (χ0v) is 9.85. The van der Waals surface area contributed by atoms with E-state index < -0.39 is 23.4 Å². The van der Waals surface area contributed by atoms with Crippen LogP contribution in [0.4, 0.5) is 4.39 Å². The van der Waals surface area contributed by atoms with Crippen molar-refractivity contribution in [3.63, 3.8) is 0 Å². The molecule has 0 radical (unpaired) electrons. The summed E-state index contributed by atoms with van der Waals surface area (Å²) >= 11 is 0. The molecule has 1 fully saturated rings. The number of benzene rings is 1. The smallest absolute Gasteiger partial charge is 0.240 e. The number of carbonyl (C=O) groups excluding carboxylic acids is 3. The van der Waals surface area contributed by atoms with Crippen molar-refractivity contribution in [2.75, 3.05) is 19.6 Å². The summed E-state index contributed by atoms with van der Waals surface area (Å²) < 4.78 is 13.0. The number of imide groups is 1. The van der Waals surface area contributed by atoms with Crippen LogP contribution < -0.4 is 5.32 Å². The molecule has 0 bridgehead atoms. The number of nitrogens with one attached hydrogen (secondary N) is 1. The minimum Gasteiger partial charge on any atom is -0.507 e. The molecule has 1 aromatic rings. The summed E-state index contributed by atoms with van der Waals surface area (Å²) in [5, 5.41) is 11.6. The number of rotatable bonds is 3. The van der Waals surface area contributed by atoms with Gasteiger partial charge in [-0.15, -0.1) is 0 Å². The fourth-order valence-electron chi connectivity index (χ4n) is 1.83. The number of halogens is 1. The number of hydrogen-bond donors (Lipinski definition) is 2. The van der Waals surface area contributed by atoms with Crippen molar-refractivity contribution >= 4 is 17.6 Å². The second-order valence-corrected chi connectivity index (χ2v) is 4.20. The molecule has 2 N–H and O–H groups in total. The molecule has 0 atom stereocenters. The maximum Gasteiger partial charge on any atom is 0.240 e. The molecule has 1 aliphatic heterocycles. The highest BCUT2D eigenvalue weighted by molar-refractivity contribution is 6.02. The summed E-state index contributed by atoms with van der Waals surface area (Å²) in [6, 6.07) is 3.03. The summed E-state index contributed by atoms with van der Waals surface area (Å²) in [7, 11) is 0. The van der Waals surface area contributed by atoms with Crippen molar-refractivity contribution < 1.29 is 23.9 Å². The van der Waals surface area contributed by atoms with E-state index in [1.165, 1.54) is 4.90 Å². The van der Waals surface area contributed by atoms with Gasteiger partial charge in [0, 0.05) is 0 Å². The largest absolute Gasteiger partial charge is 0.507 e. The van der Waals surface area contributed by atoms with Gasteiger partial charge in [-0.1, -0.05) is 0 Å². The first-order chi connectivity index (χ1) is 8.95. The average Bonchev–Trinajstić information content (AvgIpc) is 2.30. The van der Waals surface area contributed by atoms with Crippen LogP contribution in [0, 0.1) is 5.82 Å². The van der Waals surface area contributed by atoms with Gasteiger partial charge in [-0.2, -0.15) is 0 Å². The SMILES string of the molecule is O=C1CN(CC(=O)c2cc(F)ccc2O)CC(=O)N1. The van der Waals surface area contributed by atoms with Crippen LogP contribution >= 0.6 is 0 Å². The Kier molecular flexibility index (Phi) is 3.57. The molecule has 0 aromatic heterocycles. The second-order valence-electron chi connectivity index (χ2n) is 4.20. The number of ketones is 1. The van der Waals surface area contributed by atoms with Crippen LogP contribution in [0.15, 0.2) is 18.2 Å². The quantitative estimate of drug-likeness (QED) is 0.578. The maximum atomic E-state index is 13.0. The van der Waals surface area contributed by atoms with Crippen LogP contribution in [0.5, 0.6) is 5.75 Å². The molecule has 19 heavy (non-hydrogen) atoms. The van der Waals surface area contributed by atoms with Gasteiger partial charge in [0.15, 0.2) is 5.78 Å². The number of hydrogen-bond acceptors (Lipinski definition) is 5. The molecule has 0 spiro atoms. The normalized spacial score (nSPS) is 16.3. The van der Waals surface area contributed by atoms with E-state index in [-0.39, 0.29) is 30.9 Å². The first kappa shape index (κ1) is 13.2. The average molecular weight is 266 g/mol. The van der Waals surface area contributed by atoms with E-state index in [1.807, 2.05) is 0 Å². The van der Waals surface area contributed by atoms with Crippen LogP contribution in [0.3, 0.4) is 0 Å². The molecule has 1 saturated heterocycles. The van der Waals surface area contributed by atoms with E-state index in [0.29, 0.717) is 0 Å². The van der Waals surface area contributed by atoms with Gasteiger partial charge < -0.3 is 5.11 Å². The lowest BCUT2D eigenvalue weighted by atomic mass is 10.1. The molecule has 0 unspecified atom stereocenters. The standard InChI is InChI=1S/C12H11FN2O4/c13-7-1-2-9(16)8(3-7)10(17)4-15-5-11(18)14-12(19)6-15/h1-3,16H,4-6H2,(H,14,18,19). The van der Waals surface area contributed by atoms with Crippen LogP contribution in [0.2, 0.25) is 0 Å². The van der Waals surface area contributed by atoms with E-state index in [2.05, 4.69) is 5.32 Å². The summed E-state index contributed by atoms with van der Waals surface area (Å²) in [5.41, 5.74) is -0.168. The molecule has 0 aliphatic carbocycles. The van der Waals surface area contributed by atoms with Crippen molar-refractivity contribution in [3.05, 3.63) is 29.6 Å². The zero-order valence-electron chi connectivity index (χ0n) is 9.85. The van der Waals surface area contributed by atoms with Crippen LogP contribution in [0.1, 0.15) is 10.4 Å². The van der Waals surface area contributed by atoms with Crippen molar-refractivity contribution in [1.82, 2.24) is 10.2 Å². The predicted octanol–water partition coefficient (Wildman–Crippen LogP) is -0.328. The third-order valence-corrected chi connectivity index (χ3v) is 2.64. The van der Waals surface area contributed by atoms with E-state index in [9.17, 15) is 23.9 Å². The molecule has 100 valence electrons.